The van der Waals surface area contributed by atoms with Crippen LogP contribution in [0.3, 0.4) is 0 Å². The Bertz CT molecular complexity index is 933. The first kappa shape index (κ1) is 15.6. The van der Waals surface area contributed by atoms with Gasteiger partial charge in [0.15, 0.2) is 6.61 Å². The van der Waals surface area contributed by atoms with E-state index in [1.807, 2.05) is 0 Å². The van der Waals surface area contributed by atoms with Crippen molar-refractivity contribution >= 4 is 46.2 Å². The van der Waals surface area contributed by atoms with Crippen LogP contribution in [-0.4, -0.2) is 32.2 Å². The maximum atomic E-state index is 11.9. The van der Waals surface area contributed by atoms with E-state index in [0.29, 0.717) is 16.7 Å². The molecule has 3 rings (SSSR count). The Morgan fingerprint density at radius 3 is 2.88 bits per heavy atom. The number of furan rings is 1. The standard InChI is InChI=1S/C13H8N4O6S/c18-10(14-7-2-1-3-8-12(7)16-24-15-8)6-22-13(19)9-4-5-11(23-9)17(20)21/h1-5H,6H2,(H,14,18). The van der Waals surface area contributed by atoms with Gasteiger partial charge in [-0.25, -0.2) is 4.79 Å². The quantitative estimate of drug-likeness (QED) is 0.420. The molecule has 0 spiro atoms. The fourth-order valence-corrected chi connectivity index (χ4v) is 2.38. The molecule has 0 saturated carbocycles. The van der Waals surface area contributed by atoms with Crippen LogP contribution in [0.5, 0.6) is 0 Å². The molecule has 0 aliphatic heterocycles. The number of nitrogens with one attached hydrogen (secondary N) is 1. The molecule has 0 atom stereocenters. The van der Waals surface area contributed by atoms with Crippen LogP contribution < -0.4 is 5.32 Å². The molecule has 0 radical (unpaired) electrons. The maximum absolute atomic E-state index is 11.9. The van der Waals surface area contributed by atoms with Crippen LogP contribution in [0.2, 0.25) is 0 Å². The Morgan fingerprint density at radius 1 is 1.29 bits per heavy atom. The second kappa shape index (κ2) is 6.42. The topological polar surface area (TPSA) is 137 Å². The number of anilines is 1. The minimum atomic E-state index is -0.980. The van der Waals surface area contributed by atoms with E-state index in [0.717, 1.165) is 23.9 Å². The average molecular weight is 348 g/mol. The molecule has 0 bridgehead atoms. The van der Waals surface area contributed by atoms with Gasteiger partial charge in [-0.2, -0.15) is 8.75 Å². The van der Waals surface area contributed by atoms with Gasteiger partial charge in [-0.15, -0.1) is 0 Å². The number of hydrogen-bond acceptors (Lipinski definition) is 9. The number of aromatic nitrogens is 2. The number of hydrogen-bond donors (Lipinski definition) is 1. The molecule has 11 heteroatoms. The highest BCUT2D eigenvalue weighted by Crippen LogP contribution is 2.21. The zero-order valence-corrected chi connectivity index (χ0v) is 12.6. The summed E-state index contributed by atoms with van der Waals surface area (Å²) < 4.78 is 17.5. The lowest BCUT2D eigenvalue weighted by molar-refractivity contribution is -0.402. The van der Waals surface area contributed by atoms with E-state index in [1.54, 1.807) is 18.2 Å². The van der Waals surface area contributed by atoms with Crippen molar-refractivity contribution in [2.45, 2.75) is 0 Å². The monoisotopic (exact) mass is 348 g/mol. The molecule has 1 aromatic carbocycles. The molecule has 10 nitrogen and oxygen atoms in total. The minimum absolute atomic E-state index is 0.361. The molecular weight excluding hydrogens is 340 g/mol. The summed E-state index contributed by atoms with van der Waals surface area (Å²) in [5, 5.41) is 13.0. The molecule has 2 heterocycles. The summed E-state index contributed by atoms with van der Waals surface area (Å²) in [6, 6.07) is 7.21. The van der Waals surface area contributed by atoms with E-state index in [4.69, 9.17) is 4.74 Å². The van der Waals surface area contributed by atoms with Crippen molar-refractivity contribution in [3.8, 4) is 0 Å². The van der Waals surface area contributed by atoms with E-state index in [2.05, 4.69) is 18.5 Å². The first-order chi connectivity index (χ1) is 11.5. The van der Waals surface area contributed by atoms with Gasteiger partial charge in [-0.3, -0.25) is 14.9 Å². The molecule has 0 aliphatic rings. The molecule has 3 aromatic rings. The van der Waals surface area contributed by atoms with Gasteiger partial charge >= 0.3 is 11.9 Å². The van der Waals surface area contributed by atoms with E-state index in [9.17, 15) is 19.7 Å². The number of fused-ring (bicyclic) bond motifs is 1. The zero-order valence-electron chi connectivity index (χ0n) is 11.8. The third-order valence-corrected chi connectivity index (χ3v) is 3.41. The Balaban J connectivity index is 1.60. The van der Waals surface area contributed by atoms with Gasteiger partial charge in [-0.05, 0) is 18.2 Å². The number of carbonyl (C=O) groups excluding carboxylic acids is 2. The van der Waals surface area contributed by atoms with Crippen molar-refractivity contribution in [1.82, 2.24) is 8.75 Å². The number of amides is 1. The summed E-state index contributed by atoms with van der Waals surface area (Å²) in [5.74, 6) is -2.52. The first-order valence-corrected chi connectivity index (χ1v) is 7.20. The van der Waals surface area contributed by atoms with Crippen molar-refractivity contribution in [1.29, 1.82) is 0 Å². The second-order valence-electron chi connectivity index (χ2n) is 4.46. The number of ether oxygens (including phenoxy) is 1. The van der Waals surface area contributed by atoms with Crippen LogP contribution >= 0.6 is 11.7 Å². The highest BCUT2D eigenvalue weighted by molar-refractivity contribution is 7.00. The number of esters is 1. The molecule has 2 aromatic heterocycles. The molecule has 0 fully saturated rings. The number of rotatable bonds is 5. The van der Waals surface area contributed by atoms with Crippen LogP contribution in [0.4, 0.5) is 11.6 Å². The molecule has 0 aliphatic carbocycles. The smallest absolute Gasteiger partial charge is 0.433 e. The molecule has 122 valence electrons. The lowest BCUT2D eigenvalue weighted by Crippen LogP contribution is -2.20. The summed E-state index contributed by atoms with van der Waals surface area (Å²) in [7, 11) is 0. The van der Waals surface area contributed by atoms with Crippen LogP contribution in [0.15, 0.2) is 34.7 Å². The summed E-state index contributed by atoms with van der Waals surface area (Å²) in [6.45, 7) is -0.582. The summed E-state index contributed by atoms with van der Waals surface area (Å²) in [5.41, 5.74) is 1.61. The Hall–Kier alpha value is -3.34. The van der Waals surface area contributed by atoms with E-state index in [-0.39, 0.29) is 5.76 Å². The second-order valence-corrected chi connectivity index (χ2v) is 4.99. The molecule has 1 amide bonds. The average Bonchev–Trinajstić information content (AvgIpc) is 3.22. The van der Waals surface area contributed by atoms with Gasteiger partial charge < -0.3 is 14.5 Å². The van der Waals surface area contributed by atoms with Gasteiger partial charge in [0.2, 0.25) is 5.76 Å². The van der Waals surface area contributed by atoms with Crippen molar-refractivity contribution in [2.24, 2.45) is 0 Å². The lowest BCUT2D eigenvalue weighted by atomic mass is 10.2. The van der Waals surface area contributed by atoms with E-state index >= 15 is 0 Å². The third kappa shape index (κ3) is 3.20. The van der Waals surface area contributed by atoms with Gasteiger partial charge in [-0.1, -0.05) is 6.07 Å². The van der Waals surface area contributed by atoms with Crippen LogP contribution in [-0.2, 0) is 9.53 Å². The lowest BCUT2D eigenvalue weighted by Gasteiger charge is -2.05. The molecule has 1 N–H and O–H groups in total. The van der Waals surface area contributed by atoms with Crippen molar-refractivity contribution in [3.05, 3.63) is 46.2 Å². The molecular formula is C13H8N4O6S. The number of nitrogens with zero attached hydrogens (tertiary/aromatic N) is 3. The Labute approximate surface area is 137 Å². The SMILES string of the molecule is O=C(COC(=O)c1ccc([N+](=O)[O-])o1)Nc1cccc2nsnc12. The number of carbonyl (C=O) groups is 2. The van der Waals surface area contributed by atoms with Gasteiger partial charge in [0.05, 0.1) is 23.5 Å². The number of benzene rings is 1. The maximum Gasteiger partial charge on any atom is 0.433 e. The van der Waals surface area contributed by atoms with Gasteiger partial charge in [0.1, 0.15) is 16.0 Å². The Morgan fingerprint density at radius 2 is 2.12 bits per heavy atom. The minimum Gasteiger partial charge on any atom is -0.450 e. The molecule has 24 heavy (non-hydrogen) atoms. The van der Waals surface area contributed by atoms with Crippen LogP contribution in [0, 0.1) is 10.1 Å². The fourth-order valence-electron chi connectivity index (χ4n) is 1.83. The summed E-state index contributed by atoms with van der Waals surface area (Å²) >= 11 is 1.01. The normalized spacial score (nSPS) is 10.5. The van der Waals surface area contributed by atoms with E-state index in [1.165, 1.54) is 0 Å². The largest absolute Gasteiger partial charge is 0.450 e. The number of nitro groups is 1. The zero-order chi connectivity index (χ0) is 17.1. The highest BCUT2D eigenvalue weighted by atomic mass is 32.1. The third-order valence-electron chi connectivity index (χ3n) is 2.87. The fraction of sp³-hybridized carbons (Fsp3) is 0.0769. The predicted octanol–water partition coefficient (Wildman–Crippen LogP) is 1.99. The van der Waals surface area contributed by atoms with Crippen molar-refractivity contribution in [3.63, 3.8) is 0 Å². The summed E-state index contributed by atoms with van der Waals surface area (Å²) in [4.78, 5) is 33.2. The van der Waals surface area contributed by atoms with E-state index < -0.39 is 29.3 Å². The Kier molecular flexibility index (Phi) is 4.16. The summed E-state index contributed by atoms with van der Waals surface area (Å²) in [6.07, 6.45) is 0. The molecule has 0 unspecified atom stereocenters. The van der Waals surface area contributed by atoms with Crippen LogP contribution in [0.1, 0.15) is 10.6 Å². The highest BCUT2D eigenvalue weighted by Gasteiger charge is 2.19. The van der Waals surface area contributed by atoms with Crippen LogP contribution in [0.25, 0.3) is 11.0 Å². The first-order valence-electron chi connectivity index (χ1n) is 6.47. The molecule has 0 saturated heterocycles. The predicted molar refractivity (Wildman–Crippen MR) is 81.7 cm³/mol. The van der Waals surface area contributed by atoms with Gasteiger partial charge in [0.25, 0.3) is 5.91 Å². The van der Waals surface area contributed by atoms with Crippen molar-refractivity contribution in [2.75, 3.05) is 11.9 Å². The van der Waals surface area contributed by atoms with Gasteiger partial charge in [0, 0.05) is 0 Å². The van der Waals surface area contributed by atoms with Crippen molar-refractivity contribution < 1.29 is 23.7 Å².